The van der Waals surface area contributed by atoms with Crippen LogP contribution < -0.4 is 19.5 Å². The van der Waals surface area contributed by atoms with Crippen LogP contribution in [0.4, 0.5) is 0 Å². The zero-order valence-electron chi connectivity index (χ0n) is 14.7. The van der Waals surface area contributed by atoms with Crippen molar-refractivity contribution in [2.45, 2.75) is 11.8 Å². The summed E-state index contributed by atoms with van der Waals surface area (Å²) in [6, 6.07) is 12.8. The molecule has 8 heteroatoms. The maximum atomic E-state index is 12.2. The minimum absolute atomic E-state index is 0.0808. The maximum absolute atomic E-state index is 12.2. The van der Waals surface area contributed by atoms with Crippen LogP contribution in [0.2, 0.25) is 0 Å². The third-order valence-corrected chi connectivity index (χ3v) is 4.98. The lowest BCUT2D eigenvalue weighted by molar-refractivity contribution is 0.0954. The van der Waals surface area contributed by atoms with Crippen molar-refractivity contribution < 1.29 is 22.7 Å². The van der Waals surface area contributed by atoms with E-state index in [1.54, 1.807) is 43.5 Å². The van der Waals surface area contributed by atoms with E-state index in [4.69, 9.17) is 9.47 Å². The highest BCUT2D eigenvalue weighted by Gasteiger charge is 2.13. The van der Waals surface area contributed by atoms with E-state index >= 15 is 0 Å². The first-order valence-electron chi connectivity index (χ1n) is 8.11. The zero-order valence-corrected chi connectivity index (χ0v) is 15.5. The smallest absolute Gasteiger partial charge is 0.251 e. The molecule has 0 saturated carbocycles. The third-order valence-electron chi connectivity index (χ3n) is 3.50. The summed E-state index contributed by atoms with van der Waals surface area (Å²) in [5.41, 5.74) is 0.472. The standard InChI is InChI=1S/C18H22N2O5S/c1-3-25-16-8-10-17(11-9-16)26(22,23)20-13-12-19-18(21)14-4-6-15(24-2)7-5-14/h4-11,20H,3,12-13H2,1-2H3,(H,19,21). The Labute approximate surface area is 153 Å². The fraction of sp³-hybridized carbons (Fsp3) is 0.278. The SMILES string of the molecule is CCOc1ccc(S(=O)(=O)NCCNC(=O)c2ccc(OC)cc2)cc1. The quantitative estimate of drug-likeness (QED) is 0.649. The second kappa shape index (κ2) is 9.21. The zero-order chi connectivity index (χ0) is 19.0. The molecule has 0 bridgehead atoms. The van der Waals surface area contributed by atoms with Gasteiger partial charge in [-0.15, -0.1) is 0 Å². The van der Waals surface area contributed by atoms with Crippen molar-refractivity contribution in [3.8, 4) is 11.5 Å². The molecule has 2 N–H and O–H groups in total. The fourth-order valence-corrected chi connectivity index (χ4v) is 3.20. The average Bonchev–Trinajstić information content (AvgIpc) is 2.66. The van der Waals surface area contributed by atoms with Gasteiger partial charge in [0.15, 0.2) is 0 Å². The first-order chi connectivity index (χ1) is 12.5. The minimum Gasteiger partial charge on any atom is -0.497 e. The van der Waals surface area contributed by atoms with Gasteiger partial charge in [0, 0.05) is 18.7 Å². The van der Waals surface area contributed by atoms with Gasteiger partial charge in [0.05, 0.1) is 18.6 Å². The molecule has 140 valence electrons. The molecule has 2 aromatic carbocycles. The summed E-state index contributed by atoms with van der Waals surface area (Å²) in [6.45, 7) is 2.61. The lowest BCUT2D eigenvalue weighted by Crippen LogP contribution is -2.34. The van der Waals surface area contributed by atoms with Crippen molar-refractivity contribution >= 4 is 15.9 Å². The Morgan fingerprint density at radius 2 is 1.58 bits per heavy atom. The number of nitrogens with one attached hydrogen (secondary N) is 2. The third kappa shape index (κ3) is 5.47. The van der Waals surface area contributed by atoms with Crippen molar-refractivity contribution in [3.63, 3.8) is 0 Å². The van der Waals surface area contributed by atoms with E-state index in [1.165, 1.54) is 12.1 Å². The van der Waals surface area contributed by atoms with Crippen LogP contribution >= 0.6 is 0 Å². The molecule has 0 aliphatic heterocycles. The molecule has 1 amide bonds. The molecule has 26 heavy (non-hydrogen) atoms. The van der Waals surface area contributed by atoms with E-state index in [2.05, 4.69) is 10.0 Å². The normalized spacial score (nSPS) is 11.0. The van der Waals surface area contributed by atoms with Crippen molar-refractivity contribution in [2.24, 2.45) is 0 Å². The van der Waals surface area contributed by atoms with Crippen molar-refractivity contribution in [1.82, 2.24) is 10.0 Å². The largest absolute Gasteiger partial charge is 0.497 e. The molecule has 0 atom stereocenters. The molecule has 0 aromatic heterocycles. The minimum atomic E-state index is -3.64. The van der Waals surface area contributed by atoms with E-state index in [1.807, 2.05) is 6.92 Å². The molecular weight excluding hydrogens is 356 g/mol. The Kier molecular flexibility index (Phi) is 6.99. The molecule has 0 radical (unpaired) electrons. The molecule has 2 aromatic rings. The molecule has 0 heterocycles. The van der Waals surface area contributed by atoms with Gasteiger partial charge < -0.3 is 14.8 Å². The Balaban J connectivity index is 1.82. The van der Waals surface area contributed by atoms with Crippen LogP contribution in [0.1, 0.15) is 17.3 Å². The van der Waals surface area contributed by atoms with Crippen LogP contribution in [0.15, 0.2) is 53.4 Å². The monoisotopic (exact) mass is 378 g/mol. The van der Waals surface area contributed by atoms with Gasteiger partial charge >= 0.3 is 0 Å². The highest BCUT2D eigenvalue weighted by Crippen LogP contribution is 2.15. The van der Waals surface area contributed by atoms with E-state index in [0.29, 0.717) is 23.7 Å². The second-order valence-corrected chi connectivity index (χ2v) is 7.05. The van der Waals surface area contributed by atoms with Crippen molar-refractivity contribution in [3.05, 3.63) is 54.1 Å². The molecule has 0 aliphatic rings. The Morgan fingerprint density at radius 3 is 2.15 bits per heavy atom. The lowest BCUT2D eigenvalue weighted by atomic mass is 10.2. The molecule has 0 aliphatic carbocycles. The molecule has 2 rings (SSSR count). The van der Waals surface area contributed by atoms with Gasteiger partial charge in [0.25, 0.3) is 5.91 Å². The number of methoxy groups -OCH3 is 1. The summed E-state index contributed by atoms with van der Waals surface area (Å²) in [6.07, 6.45) is 0. The van der Waals surface area contributed by atoms with Crippen LogP contribution in [-0.4, -0.2) is 41.1 Å². The number of ether oxygens (including phenoxy) is 2. The van der Waals surface area contributed by atoms with E-state index < -0.39 is 10.0 Å². The van der Waals surface area contributed by atoms with Crippen LogP contribution in [0.5, 0.6) is 11.5 Å². The highest BCUT2D eigenvalue weighted by molar-refractivity contribution is 7.89. The predicted octanol–water partition coefficient (Wildman–Crippen LogP) is 1.80. The number of sulfonamides is 1. The van der Waals surface area contributed by atoms with Crippen molar-refractivity contribution in [2.75, 3.05) is 26.8 Å². The van der Waals surface area contributed by atoms with Gasteiger partial charge in [-0.05, 0) is 55.5 Å². The maximum Gasteiger partial charge on any atom is 0.251 e. The van der Waals surface area contributed by atoms with E-state index in [-0.39, 0.29) is 23.9 Å². The molecular formula is C18H22N2O5S. The number of amides is 1. The van der Waals surface area contributed by atoms with Crippen molar-refractivity contribution in [1.29, 1.82) is 0 Å². The Morgan fingerprint density at radius 1 is 0.962 bits per heavy atom. The van der Waals surface area contributed by atoms with Crippen LogP contribution in [0.3, 0.4) is 0 Å². The summed E-state index contributed by atoms with van der Waals surface area (Å²) in [4.78, 5) is 12.1. The summed E-state index contributed by atoms with van der Waals surface area (Å²) in [5, 5.41) is 2.66. The molecule has 0 fully saturated rings. The summed E-state index contributed by atoms with van der Waals surface area (Å²) in [7, 11) is -2.09. The topological polar surface area (TPSA) is 93.7 Å². The highest BCUT2D eigenvalue weighted by atomic mass is 32.2. The molecule has 0 unspecified atom stereocenters. The molecule has 0 spiro atoms. The Bertz CT molecular complexity index is 818. The second-order valence-electron chi connectivity index (χ2n) is 5.29. The number of rotatable bonds is 9. The fourth-order valence-electron chi connectivity index (χ4n) is 2.17. The van der Waals surface area contributed by atoms with E-state index in [0.717, 1.165) is 0 Å². The van der Waals surface area contributed by atoms with Gasteiger partial charge in [-0.3, -0.25) is 4.79 Å². The molecule has 0 saturated heterocycles. The summed E-state index contributed by atoms with van der Waals surface area (Å²) < 4.78 is 37.2. The summed E-state index contributed by atoms with van der Waals surface area (Å²) in [5.74, 6) is 0.982. The van der Waals surface area contributed by atoms with E-state index in [9.17, 15) is 13.2 Å². The van der Waals surface area contributed by atoms with Gasteiger partial charge in [-0.25, -0.2) is 13.1 Å². The number of carbonyl (C=O) groups is 1. The molecule has 7 nitrogen and oxygen atoms in total. The van der Waals surface area contributed by atoms with Gasteiger partial charge in [0.1, 0.15) is 11.5 Å². The number of hydrogen-bond donors (Lipinski definition) is 2. The number of hydrogen-bond acceptors (Lipinski definition) is 5. The first kappa shape index (κ1) is 19.7. The average molecular weight is 378 g/mol. The number of benzene rings is 2. The van der Waals surface area contributed by atoms with Gasteiger partial charge in [-0.2, -0.15) is 0 Å². The first-order valence-corrected chi connectivity index (χ1v) is 9.59. The summed E-state index contributed by atoms with van der Waals surface area (Å²) >= 11 is 0. The van der Waals surface area contributed by atoms with Gasteiger partial charge in [-0.1, -0.05) is 0 Å². The Hall–Kier alpha value is -2.58. The van der Waals surface area contributed by atoms with Crippen LogP contribution in [-0.2, 0) is 10.0 Å². The van der Waals surface area contributed by atoms with Crippen LogP contribution in [0, 0.1) is 0 Å². The lowest BCUT2D eigenvalue weighted by Gasteiger charge is -2.09. The number of carbonyl (C=O) groups excluding carboxylic acids is 1. The van der Waals surface area contributed by atoms with Gasteiger partial charge in [0.2, 0.25) is 10.0 Å². The van der Waals surface area contributed by atoms with Crippen LogP contribution in [0.25, 0.3) is 0 Å². The predicted molar refractivity (Wildman–Crippen MR) is 98.1 cm³/mol.